The second kappa shape index (κ2) is 7.50. The zero-order valence-electron chi connectivity index (χ0n) is 14.6. The van der Waals surface area contributed by atoms with Crippen molar-refractivity contribution < 1.29 is 14.3 Å². The van der Waals surface area contributed by atoms with Crippen LogP contribution in [0.1, 0.15) is 33.3 Å². The van der Waals surface area contributed by atoms with Crippen molar-refractivity contribution in [3.63, 3.8) is 0 Å². The highest BCUT2D eigenvalue weighted by Crippen LogP contribution is 2.29. The molecule has 0 aliphatic heterocycles. The molecule has 7 heteroatoms. The smallest absolute Gasteiger partial charge is 0.219 e. The SMILES string of the molecule is O=C(Cc1ccc(C(O)c2c[nH]c3ncccc23)c(F)n1)c1ccccc1Cl. The van der Waals surface area contributed by atoms with E-state index in [-0.39, 0.29) is 23.5 Å². The first-order valence-corrected chi connectivity index (χ1v) is 8.95. The number of aromatic amines is 1. The van der Waals surface area contributed by atoms with E-state index in [2.05, 4.69) is 15.0 Å². The topological polar surface area (TPSA) is 78.9 Å². The number of rotatable bonds is 5. The molecule has 4 rings (SSSR count). The number of hydrogen-bond donors (Lipinski definition) is 2. The highest BCUT2D eigenvalue weighted by atomic mass is 35.5. The van der Waals surface area contributed by atoms with Gasteiger partial charge in [0.2, 0.25) is 5.95 Å². The first-order valence-electron chi connectivity index (χ1n) is 8.57. The summed E-state index contributed by atoms with van der Waals surface area (Å²) in [5.74, 6) is -1.08. The van der Waals surface area contributed by atoms with E-state index in [0.29, 0.717) is 27.2 Å². The van der Waals surface area contributed by atoms with Crippen LogP contribution in [0.3, 0.4) is 0 Å². The lowest BCUT2D eigenvalue weighted by atomic mass is 10.0. The van der Waals surface area contributed by atoms with E-state index in [4.69, 9.17) is 11.6 Å². The van der Waals surface area contributed by atoms with Gasteiger partial charge in [0.1, 0.15) is 11.8 Å². The van der Waals surface area contributed by atoms with E-state index in [0.717, 1.165) is 0 Å². The van der Waals surface area contributed by atoms with Gasteiger partial charge in [-0.3, -0.25) is 4.79 Å². The molecule has 5 nitrogen and oxygen atoms in total. The molecule has 0 aliphatic carbocycles. The Labute approximate surface area is 164 Å². The number of carbonyl (C=O) groups excluding carboxylic acids is 1. The predicted molar refractivity (Wildman–Crippen MR) is 104 cm³/mol. The Balaban J connectivity index is 1.59. The number of nitrogens with one attached hydrogen (secondary N) is 1. The van der Waals surface area contributed by atoms with Gasteiger partial charge in [-0.05, 0) is 36.4 Å². The molecule has 4 aromatic rings. The zero-order valence-corrected chi connectivity index (χ0v) is 15.3. The lowest BCUT2D eigenvalue weighted by Crippen LogP contribution is -2.09. The van der Waals surface area contributed by atoms with Gasteiger partial charge < -0.3 is 10.1 Å². The van der Waals surface area contributed by atoms with Crippen LogP contribution in [-0.4, -0.2) is 25.8 Å². The highest BCUT2D eigenvalue weighted by molar-refractivity contribution is 6.34. The minimum atomic E-state index is -1.21. The van der Waals surface area contributed by atoms with Gasteiger partial charge in [0, 0.05) is 34.5 Å². The van der Waals surface area contributed by atoms with E-state index >= 15 is 0 Å². The van der Waals surface area contributed by atoms with Crippen molar-refractivity contribution in [2.45, 2.75) is 12.5 Å². The van der Waals surface area contributed by atoms with Crippen LogP contribution < -0.4 is 0 Å². The van der Waals surface area contributed by atoms with Crippen LogP contribution in [0, 0.1) is 5.95 Å². The molecule has 3 aromatic heterocycles. The fourth-order valence-corrected chi connectivity index (χ4v) is 3.34. The molecule has 1 unspecified atom stereocenters. The number of ketones is 1. The lowest BCUT2D eigenvalue weighted by molar-refractivity contribution is 0.0992. The molecule has 0 amide bonds. The molecule has 0 saturated heterocycles. The quantitative estimate of drug-likeness (QED) is 0.391. The number of aliphatic hydroxyl groups excluding tert-OH is 1. The number of aliphatic hydroxyl groups is 1. The number of benzene rings is 1. The molecule has 3 heterocycles. The molecular weight excluding hydrogens is 381 g/mol. The van der Waals surface area contributed by atoms with Gasteiger partial charge in [0.05, 0.1) is 17.1 Å². The molecule has 0 radical (unpaired) electrons. The third kappa shape index (κ3) is 3.40. The van der Waals surface area contributed by atoms with Crippen LogP contribution >= 0.6 is 11.6 Å². The summed E-state index contributed by atoms with van der Waals surface area (Å²) in [4.78, 5) is 23.4. The van der Waals surface area contributed by atoms with Crippen LogP contribution in [0.15, 0.2) is 60.9 Å². The van der Waals surface area contributed by atoms with Crippen LogP contribution in [0.4, 0.5) is 4.39 Å². The number of H-pyrrole nitrogens is 1. The average Bonchev–Trinajstić information content (AvgIpc) is 3.12. The largest absolute Gasteiger partial charge is 0.383 e. The third-order valence-corrected chi connectivity index (χ3v) is 4.85. The summed E-state index contributed by atoms with van der Waals surface area (Å²) in [6, 6.07) is 13.2. The second-order valence-electron chi connectivity index (χ2n) is 6.31. The molecule has 0 saturated carbocycles. The Kier molecular flexibility index (Phi) is 4.90. The molecule has 28 heavy (non-hydrogen) atoms. The molecule has 0 fully saturated rings. The fourth-order valence-electron chi connectivity index (χ4n) is 3.10. The van der Waals surface area contributed by atoms with Gasteiger partial charge in [-0.1, -0.05) is 23.7 Å². The van der Waals surface area contributed by atoms with Crippen molar-refractivity contribution in [1.29, 1.82) is 0 Å². The van der Waals surface area contributed by atoms with E-state index in [1.807, 2.05) is 0 Å². The van der Waals surface area contributed by atoms with E-state index in [9.17, 15) is 14.3 Å². The predicted octanol–water partition coefficient (Wildman–Crippen LogP) is 4.26. The van der Waals surface area contributed by atoms with Crippen LogP contribution in [0.5, 0.6) is 0 Å². The summed E-state index contributed by atoms with van der Waals surface area (Å²) >= 11 is 6.03. The summed E-state index contributed by atoms with van der Waals surface area (Å²) in [7, 11) is 0. The van der Waals surface area contributed by atoms with Gasteiger partial charge in [-0.2, -0.15) is 4.39 Å². The molecule has 2 N–H and O–H groups in total. The first-order chi connectivity index (χ1) is 13.5. The summed E-state index contributed by atoms with van der Waals surface area (Å²) in [5.41, 5.74) is 1.76. The number of halogens is 2. The number of fused-ring (bicyclic) bond motifs is 1. The molecule has 1 atom stereocenters. The minimum absolute atomic E-state index is 0.0266. The number of carbonyl (C=O) groups is 1. The Hall–Kier alpha value is -3.09. The van der Waals surface area contributed by atoms with Crippen molar-refractivity contribution >= 4 is 28.4 Å². The van der Waals surface area contributed by atoms with Crippen molar-refractivity contribution in [3.05, 3.63) is 94.3 Å². The highest BCUT2D eigenvalue weighted by Gasteiger charge is 2.21. The van der Waals surface area contributed by atoms with E-state index in [1.165, 1.54) is 12.1 Å². The van der Waals surface area contributed by atoms with Gasteiger partial charge in [-0.25, -0.2) is 9.97 Å². The molecular formula is C21H15ClFN3O2. The fraction of sp³-hybridized carbons (Fsp3) is 0.0952. The molecule has 0 aliphatic rings. The number of Topliss-reactive ketones (excluding diaryl/α,β-unsaturated/α-hetero) is 1. The normalized spacial score (nSPS) is 12.2. The Morgan fingerprint density at radius 3 is 2.75 bits per heavy atom. The second-order valence-corrected chi connectivity index (χ2v) is 6.72. The lowest BCUT2D eigenvalue weighted by Gasteiger charge is -2.12. The molecule has 140 valence electrons. The Morgan fingerprint density at radius 2 is 1.96 bits per heavy atom. The zero-order chi connectivity index (χ0) is 19.7. The number of aromatic nitrogens is 3. The molecule has 1 aromatic carbocycles. The van der Waals surface area contributed by atoms with E-state index in [1.54, 1.807) is 48.8 Å². The van der Waals surface area contributed by atoms with Gasteiger partial charge >= 0.3 is 0 Å². The van der Waals surface area contributed by atoms with Gasteiger partial charge in [0.15, 0.2) is 5.78 Å². The van der Waals surface area contributed by atoms with Crippen molar-refractivity contribution in [2.75, 3.05) is 0 Å². The van der Waals surface area contributed by atoms with E-state index < -0.39 is 12.1 Å². The number of nitrogens with zero attached hydrogens (tertiary/aromatic N) is 2. The van der Waals surface area contributed by atoms with Crippen LogP contribution in [0.25, 0.3) is 11.0 Å². The summed E-state index contributed by atoms with van der Waals surface area (Å²) < 4.78 is 14.6. The van der Waals surface area contributed by atoms with Crippen LogP contribution in [-0.2, 0) is 6.42 Å². The summed E-state index contributed by atoms with van der Waals surface area (Å²) in [6.07, 6.45) is 1.92. The Bertz CT molecular complexity index is 1180. The maximum absolute atomic E-state index is 14.6. The van der Waals surface area contributed by atoms with Crippen molar-refractivity contribution in [1.82, 2.24) is 15.0 Å². The Morgan fingerprint density at radius 1 is 1.14 bits per heavy atom. The van der Waals surface area contributed by atoms with Gasteiger partial charge in [0.25, 0.3) is 0 Å². The van der Waals surface area contributed by atoms with Gasteiger partial charge in [-0.15, -0.1) is 0 Å². The van der Waals surface area contributed by atoms with Crippen molar-refractivity contribution in [2.24, 2.45) is 0 Å². The van der Waals surface area contributed by atoms with Crippen molar-refractivity contribution in [3.8, 4) is 0 Å². The first kappa shape index (κ1) is 18.3. The third-order valence-electron chi connectivity index (χ3n) is 4.52. The number of hydrogen-bond acceptors (Lipinski definition) is 4. The minimum Gasteiger partial charge on any atom is -0.383 e. The maximum atomic E-state index is 14.6. The van der Waals surface area contributed by atoms with Crippen LogP contribution in [0.2, 0.25) is 5.02 Å². The standard InChI is InChI=1S/C21H15ClFN3O2/c22-17-6-2-1-4-14(17)18(27)10-12-7-8-15(20(23)26-12)19(28)16-11-25-21-13(16)5-3-9-24-21/h1-9,11,19,28H,10H2,(H,24,25). The monoisotopic (exact) mass is 395 g/mol. The molecule has 0 bridgehead atoms. The molecule has 0 spiro atoms. The maximum Gasteiger partial charge on any atom is 0.219 e. The summed E-state index contributed by atoms with van der Waals surface area (Å²) in [6.45, 7) is 0. The average molecular weight is 396 g/mol. The summed E-state index contributed by atoms with van der Waals surface area (Å²) in [5, 5.41) is 11.7. The number of pyridine rings is 2.